The highest BCUT2D eigenvalue weighted by Crippen LogP contribution is 2.30. The molecule has 0 aliphatic carbocycles. The molecule has 2 saturated heterocycles. The number of rotatable bonds is 1. The molecular weight excluding hydrogens is 314 g/mol. The fraction of sp³-hybridized carbons (Fsp3) is 0.615. The Balaban J connectivity index is 1.82. The maximum Gasteiger partial charge on any atom is 0.143 e. The number of hydrogen-bond donors (Lipinski definition) is 0. The topological polar surface area (TPSA) is 19.4 Å². The molecule has 2 fully saturated rings. The van der Waals surface area contributed by atoms with Crippen LogP contribution in [0.15, 0.2) is 16.7 Å². The first-order valence-electron chi connectivity index (χ1n) is 6.54. The minimum atomic E-state index is 0.683. The van der Waals surface area contributed by atoms with Gasteiger partial charge >= 0.3 is 0 Å². The summed E-state index contributed by atoms with van der Waals surface area (Å²) in [5.74, 6) is 1.04. The SMILES string of the molecule is Clc1cnc(N2CCCN3CCCC3C2)c(Br)c1. The van der Waals surface area contributed by atoms with E-state index < -0.39 is 0 Å². The van der Waals surface area contributed by atoms with Gasteiger partial charge in [-0.15, -0.1) is 0 Å². The number of aromatic nitrogens is 1. The lowest BCUT2D eigenvalue weighted by molar-refractivity contribution is 0.273. The molecule has 0 saturated carbocycles. The van der Waals surface area contributed by atoms with Crippen LogP contribution in [0.2, 0.25) is 5.02 Å². The summed E-state index contributed by atoms with van der Waals surface area (Å²) in [5.41, 5.74) is 0. The van der Waals surface area contributed by atoms with E-state index in [0.717, 1.165) is 23.4 Å². The lowest BCUT2D eigenvalue weighted by Crippen LogP contribution is -2.37. The van der Waals surface area contributed by atoms with E-state index >= 15 is 0 Å². The van der Waals surface area contributed by atoms with Gasteiger partial charge in [0, 0.05) is 31.9 Å². The zero-order chi connectivity index (χ0) is 12.5. The van der Waals surface area contributed by atoms with Gasteiger partial charge in [0.1, 0.15) is 5.82 Å². The summed E-state index contributed by atoms with van der Waals surface area (Å²) in [6.45, 7) is 4.67. The lowest BCUT2D eigenvalue weighted by atomic mass is 10.2. The Morgan fingerprint density at radius 2 is 2.11 bits per heavy atom. The lowest BCUT2D eigenvalue weighted by Gasteiger charge is -2.27. The molecule has 2 aliphatic heterocycles. The van der Waals surface area contributed by atoms with Gasteiger partial charge in [0.2, 0.25) is 0 Å². The fourth-order valence-corrected chi connectivity index (χ4v) is 3.93. The van der Waals surface area contributed by atoms with E-state index in [1.807, 2.05) is 6.07 Å². The van der Waals surface area contributed by atoms with E-state index in [1.165, 1.54) is 32.4 Å². The Kier molecular flexibility index (Phi) is 3.78. The molecule has 0 aromatic carbocycles. The monoisotopic (exact) mass is 329 g/mol. The van der Waals surface area contributed by atoms with E-state index in [9.17, 15) is 0 Å². The average Bonchev–Trinajstić information content (AvgIpc) is 2.67. The number of anilines is 1. The van der Waals surface area contributed by atoms with Gasteiger partial charge in [-0.25, -0.2) is 4.98 Å². The smallest absolute Gasteiger partial charge is 0.143 e. The molecule has 0 bridgehead atoms. The third kappa shape index (κ3) is 2.51. The first kappa shape index (κ1) is 12.7. The van der Waals surface area contributed by atoms with Crippen molar-refractivity contribution < 1.29 is 0 Å². The predicted octanol–water partition coefficient (Wildman–Crippen LogP) is 3.17. The van der Waals surface area contributed by atoms with Crippen LogP contribution in [0, 0.1) is 0 Å². The molecule has 0 spiro atoms. The highest BCUT2D eigenvalue weighted by molar-refractivity contribution is 9.10. The molecule has 3 nitrogen and oxygen atoms in total. The molecule has 0 radical (unpaired) electrons. The summed E-state index contributed by atoms with van der Waals surface area (Å²) < 4.78 is 1.00. The molecule has 1 atom stereocenters. The van der Waals surface area contributed by atoms with Crippen LogP contribution in [-0.4, -0.2) is 42.1 Å². The first-order valence-corrected chi connectivity index (χ1v) is 7.71. The highest BCUT2D eigenvalue weighted by Gasteiger charge is 2.29. The molecule has 1 aromatic heterocycles. The second-order valence-electron chi connectivity index (χ2n) is 5.09. The fourth-order valence-electron chi connectivity index (χ4n) is 3.04. The molecule has 18 heavy (non-hydrogen) atoms. The average molecular weight is 331 g/mol. The summed E-state index contributed by atoms with van der Waals surface area (Å²) in [7, 11) is 0. The third-order valence-electron chi connectivity index (χ3n) is 3.89. The first-order chi connectivity index (χ1) is 8.74. The van der Waals surface area contributed by atoms with Crippen molar-refractivity contribution in [3.8, 4) is 0 Å². The van der Waals surface area contributed by atoms with E-state index in [-0.39, 0.29) is 0 Å². The van der Waals surface area contributed by atoms with Crippen molar-refractivity contribution >= 4 is 33.3 Å². The second kappa shape index (κ2) is 5.35. The van der Waals surface area contributed by atoms with Gasteiger partial charge in [0.05, 0.1) is 9.50 Å². The summed E-state index contributed by atoms with van der Waals surface area (Å²) in [5, 5.41) is 0.683. The van der Waals surface area contributed by atoms with Gasteiger partial charge in [-0.05, 0) is 47.8 Å². The van der Waals surface area contributed by atoms with Crippen LogP contribution in [0.1, 0.15) is 19.3 Å². The minimum Gasteiger partial charge on any atom is -0.354 e. The van der Waals surface area contributed by atoms with Crippen molar-refractivity contribution in [2.24, 2.45) is 0 Å². The number of halogens is 2. The predicted molar refractivity (Wildman–Crippen MR) is 78.4 cm³/mol. The summed E-state index contributed by atoms with van der Waals surface area (Å²) in [6, 6.07) is 2.64. The van der Waals surface area contributed by atoms with Gasteiger partial charge in [-0.1, -0.05) is 11.6 Å². The van der Waals surface area contributed by atoms with E-state index in [4.69, 9.17) is 11.6 Å². The molecule has 1 unspecified atom stereocenters. The largest absolute Gasteiger partial charge is 0.354 e. The third-order valence-corrected chi connectivity index (χ3v) is 4.68. The molecule has 0 N–H and O–H groups in total. The van der Waals surface area contributed by atoms with Crippen molar-refractivity contribution in [2.45, 2.75) is 25.3 Å². The van der Waals surface area contributed by atoms with Crippen LogP contribution in [0.4, 0.5) is 5.82 Å². The molecule has 2 aliphatic rings. The van der Waals surface area contributed by atoms with Crippen molar-refractivity contribution in [1.29, 1.82) is 0 Å². The van der Waals surface area contributed by atoms with E-state index in [1.54, 1.807) is 6.20 Å². The van der Waals surface area contributed by atoms with Crippen molar-refractivity contribution in [3.05, 3.63) is 21.8 Å². The van der Waals surface area contributed by atoms with Gasteiger partial charge in [0.25, 0.3) is 0 Å². The number of hydrogen-bond acceptors (Lipinski definition) is 3. The molecule has 98 valence electrons. The summed E-state index contributed by atoms with van der Waals surface area (Å²) in [6.07, 6.45) is 5.61. The van der Waals surface area contributed by atoms with Crippen LogP contribution in [0.3, 0.4) is 0 Å². The Bertz CT molecular complexity index is 440. The van der Waals surface area contributed by atoms with Crippen LogP contribution >= 0.6 is 27.5 Å². The minimum absolute atomic E-state index is 0.683. The second-order valence-corrected chi connectivity index (χ2v) is 6.38. The maximum absolute atomic E-state index is 5.96. The Morgan fingerprint density at radius 3 is 2.94 bits per heavy atom. The van der Waals surface area contributed by atoms with Crippen molar-refractivity contribution in [3.63, 3.8) is 0 Å². The Morgan fingerprint density at radius 1 is 1.28 bits per heavy atom. The van der Waals surface area contributed by atoms with Crippen LogP contribution < -0.4 is 4.90 Å². The molecule has 1 aromatic rings. The molecule has 0 amide bonds. The van der Waals surface area contributed by atoms with Crippen LogP contribution in [0.5, 0.6) is 0 Å². The zero-order valence-corrected chi connectivity index (χ0v) is 12.6. The van der Waals surface area contributed by atoms with Crippen LogP contribution in [0.25, 0.3) is 0 Å². The van der Waals surface area contributed by atoms with Gasteiger partial charge in [-0.2, -0.15) is 0 Å². The van der Waals surface area contributed by atoms with E-state index in [0.29, 0.717) is 11.1 Å². The maximum atomic E-state index is 5.96. The standard InChI is InChI=1S/C13H17BrClN3/c14-12-7-10(15)8-16-13(12)18-6-2-5-17-4-1-3-11(17)9-18/h7-8,11H,1-6,9H2. The number of nitrogens with zero attached hydrogens (tertiary/aromatic N) is 3. The zero-order valence-electron chi connectivity index (χ0n) is 10.3. The Labute approximate surface area is 121 Å². The molecule has 3 rings (SSSR count). The molecular formula is C13H17BrClN3. The number of pyridine rings is 1. The van der Waals surface area contributed by atoms with Crippen molar-refractivity contribution in [1.82, 2.24) is 9.88 Å². The number of fused-ring (bicyclic) bond motifs is 1. The normalized spacial score (nSPS) is 25.0. The Hall–Kier alpha value is -0.320. The molecule has 5 heteroatoms. The highest BCUT2D eigenvalue weighted by atomic mass is 79.9. The van der Waals surface area contributed by atoms with Gasteiger partial charge < -0.3 is 4.90 Å². The van der Waals surface area contributed by atoms with E-state index in [2.05, 4.69) is 30.7 Å². The summed E-state index contributed by atoms with van der Waals surface area (Å²) >= 11 is 9.54. The quantitative estimate of drug-likeness (QED) is 0.788. The van der Waals surface area contributed by atoms with Crippen molar-refractivity contribution in [2.75, 3.05) is 31.1 Å². The van der Waals surface area contributed by atoms with Gasteiger partial charge in [0.15, 0.2) is 0 Å². The van der Waals surface area contributed by atoms with Gasteiger partial charge in [-0.3, -0.25) is 4.90 Å². The van der Waals surface area contributed by atoms with Crippen LogP contribution in [-0.2, 0) is 0 Å². The molecule has 3 heterocycles. The summed E-state index contributed by atoms with van der Waals surface area (Å²) in [4.78, 5) is 9.51.